The van der Waals surface area contributed by atoms with Gasteiger partial charge >= 0.3 is 0 Å². The maximum absolute atomic E-state index is 9.24. The van der Waals surface area contributed by atoms with E-state index < -0.39 is 0 Å². The first-order valence-corrected chi connectivity index (χ1v) is 5.37. The van der Waals surface area contributed by atoms with Crippen LogP contribution in [0.15, 0.2) is 24.3 Å². The number of aliphatic hydroxyl groups excluding tert-OH is 1. The Balaban J connectivity index is 2.98. The quantitative estimate of drug-likeness (QED) is 0.838. The van der Waals surface area contributed by atoms with Crippen LogP contribution in [0.5, 0.6) is 0 Å². The Kier molecular flexibility index (Phi) is 4.48. The van der Waals surface area contributed by atoms with E-state index in [9.17, 15) is 5.11 Å². The van der Waals surface area contributed by atoms with Gasteiger partial charge in [0.05, 0.1) is 11.6 Å². The normalized spacial score (nSPS) is 14.5. The average molecular weight is 218 g/mol. The van der Waals surface area contributed by atoms with E-state index in [2.05, 4.69) is 11.0 Å². The van der Waals surface area contributed by atoms with Gasteiger partial charge in [-0.15, -0.1) is 0 Å². The Morgan fingerprint density at radius 3 is 2.25 bits per heavy atom. The molecule has 0 saturated carbocycles. The van der Waals surface area contributed by atoms with Crippen LogP contribution in [-0.4, -0.2) is 30.7 Å². The van der Waals surface area contributed by atoms with Gasteiger partial charge < -0.3 is 10.0 Å². The number of hydrogen-bond donors (Lipinski definition) is 1. The minimum Gasteiger partial charge on any atom is -0.396 e. The third kappa shape index (κ3) is 2.82. The number of nitriles is 1. The molecule has 86 valence electrons. The second-order valence-corrected chi connectivity index (χ2v) is 4.30. The highest BCUT2D eigenvalue weighted by molar-refractivity contribution is 5.33. The van der Waals surface area contributed by atoms with Crippen LogP contribution in [0, 0.1) is 17.2 Å². The van der Waals surface area contributed by atoms with Crippen LogP contribution in [0.3, 0.4) is 0 Å². The molecule has 0 bridgehead atoms. The zero-order valence-electron chi connectivity index (χ0n) is 10.0. The third-order valence-electron chi connectivity index (χ3n) is 2.76. The van der Waals surface area contributed by atoms with Crippen LogP contribution in [0.4, 0.5) is 0 Å². The second-order valence-electron chi connectivity index (χ2n) is 4.30. The summed E-state index contributed by atoms with van der Waals surface area (Å²) in [5.41, 5.74) is 1.79. The molecule has 0 aliphatic rings. The van der Waals surface area contributed by atoms with Crippen molar-refractivity contribution in [3.05, 3.63) is 35.4 Å². The molecule has 1 N–H and O–H groups in total. The van der Waals surface area contributed by atoms with Crippen molar-refractivity contribution in [2.24, 2.45) is 5.92 Å². The molecule has 0 heterocycles. The molecule has 0 amide bonds. The summed E-state index contributed by atoms with van der Waals surface area (Å²) in [6, 6.07) is 9.82. The van der Waals surface area contributed by atoms with Gasteiger partial charge in [0.2, 0.25) is 0 Å². The zero-order valence-corrected chi connectivity index (χ0v) is 10.0. The fourth-order valence-electron chi connectivity index (χ4n) is 1.99. The molecule has 3 heteroatoms. The summed E-state index contributed by atoms with van der Waals surface area (Å²) in [6.45, 7) is 2.17. The van der Waals surface area contributed by atoms with Crippen LogP contribution in [0.2, 0.25) is 0 Å². The summed E-state index contributed by atoms with van der Waals surface area (Å²) >= 11 is 0. The lowest BCUT2D eigenvalue weighted by Crippen LogP contribution is -2.27. The van der Waals surface area contributed by atoms with Gasteiger partial charge in [0.25, 0.3) is 0 Å². The molecule has 16 heavy (non-hydrogen) atoms. The van der Waals surface area contributed by atoms with E-state index in [0.717, 1.165) is 5.56 Å². The lowest BCUT2D eigenvalue weighted by molar-refractivity contribution is 0.146. The Labute approximate surface area is 96.9 Å². The Bertz CT molecular complexity index is 365. The van der Waals surface area contributed by atoms with Crippen molar-refractivity contribution in [3.63, 3.8) is 0 Å². The molecule has 0 saturated heterocycles. The smallest absolute Gasteiger partial charge is 0.0991 e. The number of aliphatic hydroxyl groups is 1. The maximum Gasteiger partial charge on any atom is 0.0991 e. The third-order valence-corrected chi connectivity index (χ3v) is 2.76. The maximum atomic E-state index is 9.24. The molecular weight excluding hydrogens is 200 g/mol. The van der Waals surface area contributed by atoms with E-state index in [1.807, 2.05) is 45.3 Å². The van der Waals surface area contributed by atoms with Crippen molar-refractivity contribution < 1.29 is 5.11 Å². The predicted molar refractivity (Wildman–Crippen MR) is 63.8 cm³/mol. The van der Waals surface area contributed by atoms with Crippen LogP contribution >= 0.6 is 0 Å². The fraction of sp³-hybridized carbons (Fsp3) is 0.462. The summed E-state index contributed by atoms with van der Waals surface area (Å²) in [5, 5.41) is 18.0. The lowest BCUT2D eigenvalue weighted by Gasteiger charge is -2.29. The molecule has 0 fully saturated rings. The predicted octanol–water partition coefficient (Wildman–Crippen LogP) is 1.79. The highest BCUT2D eigenvalue weighted by atomic mass is 16.3. The van der Waals surface area contributed by atoms with Crippen molar-refractivity contribution in [1.82, 2.24) is 4.90 Å². The Hall–Kier alpha value is -1.37. The summed E-state index contributed by atoms with van der Waals surface area (Å²) in [5.74, 6) is 0.169. The first-order chi connectivity index (χ1) is 7.60. The molecule has 3 nitrogen and oxygen atoms in total. The van der Waals surface area contributed by atoms with Crippen LogP contribution in [0.1, 0.15) is 24.1 Å². The van der Waals surface area contributed by atoms with Gasteiger partial charge in [-0.1, -0.05) is 19.1 Å². The van der Waals surface area contributed by atoms with E-state index in [-0.39, 0.29) is 18.6 Å². The van der Waals surface area contributed by atoms with Crippen molar-refractivity contribution >= 4 is 0 Å². The standard InChI is InChI=1S/C13H18N2O/c1-10(9-16)13(15(2)3)12-6-4-11(8-14)5-7-12/h4-7,10,13,16H,9H2,1-3H3. The van der Waals surface area contributed by atoms with Crippen molar-refractivity contribution in [2.45, 2.75) is 13.0 Å². The Morgan fingerprint density at radius 2 is 1.88 bits per heavy atom. The van der Waals surface area contributed by atoms with Crippen LogP contribution in [-0.2, 0) is 0 Å². The molecule has 0 aliphatic heterocycles. The van der Waals surface area contributed by atoms with E-state index in [4.69, 9.17) is 5.26 Å². The van der Waals surface area contributed by atoms with E-state index >= 15 is 0 Å². The van der Waals surface area contributed by atoms with Crippen molar-refractivity contribution in [2.75, 3.05) is 20.7 Å². The highest BCUT2D eigenvalue weighted by Crippen LogP contribution is 2.26. The van der Waals surface area contributed by atoms with E-state index in [1.54, 1.807) is 0 Å². The molecule has 1 aromatic rings. The highest BCUT2D eigenvalue weighted by Gasteiger charge is 2.20. The molecule has 1 rings (SSSR count). The molecule has 0 aromatic heterocycles. The summed E-state index contributed by atoms with van der Waals surface area (Å²) < 4.78 is 0. The average Bonchev–Trinajstić information content (AvgIpc) is 2.29. The largest absolute Gasteiger partial charge is 0.396 e. The van der Waals surface area contributed by atoms with Crippen molar-refractivity contribution in [3.8, 4) is 6.07 Å². The van der Waals surface area contributed by atoms with E-state index in [0.29, 0.717) is 5.56 Å². The molecule has 2 unspecified atom stereocenters. The topological polar surface area (TPSA) is 47.3 Å². The first-order valence-electron chi connectivity index (χ1n) is 5.37. The Morgan fingerprint density at radius 1 is 1.31 bits per heavy atom. The summed E-state index contributed by atoms with van der Waals surface area (Å²) in [7, 11) is 3.99. The minimum absolute atomic E-state index is 0.156. The van der Waals surface area contributed by atoms with Gasteiger partial charge in [-0.3, -0.25) is 0 Å². The molecule has 1 aromatic carbocycles. The molecular formula is C13H18N2O. The van der Waals surface area contributed by atoms with Gasteiger partial charge in [0.15, 0.2) is 0 Å². The molecule has 0 radical (unpaired) electrons. The SMILES string of the molecule is CC(CO)C(c1ccc(C#N)cc1)N(C)C. The fourth-order valence-corrected chi connectivity index (χ4v) is 1.99. The monoisotopic (exact) mass is 218 g/mol. The second kappa shape index (κ2) is 5.64. The molecule has 0 aliphatic carbocycles. The zero-order chi connectivity index (χ0) is 12.1. The number of hydrogen-bond acceptors (Lipinski definition) is 3. The summed E-state index contributed by atoms with van der Waals surface area (Å²) in [6.07, 6.45) is 0. The van der Waals surface area contributed by atoms with Gasteiger partial charge in [-0.2, -0.15) is 5.26 Å². The number of benzene rings is 1. The molecule has 0 spiro atoms. The van der Waals surface area contributed by atoms with Crippen molar-refractivity contribution in [1.29, 1.82) is 5.26 Å². The number of rotatable bonds is 4. The van der Waals surface area contributed by atoms with Crippen LogP contribution < -0.4 is 0 Å². The lowest BCUT2D eigenvalue weighted by atomic mass is 9.93. The van der Waals surface area contributed by atoms with Crippen LogP contribution in [0.25, 0.3) is 0 Å². The van der Waals surface area contributed by atoms with Gasteiger partial charge in [-0.25, -0.2) is 0 Å². The van der Waals surface area contributed by atoms with Gasteiger partial charge in [0, 0.05) is 12.6 Å². The van der Waals surface area contributed by atoms with E-state index in [1.165, 1.54) is 0 Å². The van der Waals surface area contributed by atoms with Gasteiger partial charge in [-0.05, 0) is 37.7 Å². The molecule has 2 atom stereocenters. The van der Waals surface area contributed by atoms with Gasteiger partial charge in [0.1, 0.15) is 0 Å². The minimum atomic E-state index is 0.156. The first kappa shape index (κ1) is 12.7. The number of nitrogens with zero attached hydrogens (tertiary/aromatic N) is 2. The summed E-state index contributed by atoms with van der Waals surface area (Å²) in [4.78, 5) is 2.09.